The summed E-state index contributed by atoms with van der Waals surface area (Å²) >= 11 is 0. The summed E-state index contributed by atoms with van der Waals surface area (Å²) in [5.74, 6) is -0.507. The van der Waals surface area contributed by atoms with Crippen molar-refractivity contribution >= 4 is 5.97 Å². The molecule has 2 atom stereocenters. The molecule has 0 aromatic rings. The third-order valence-electron chi connectivity index (χ3n) is 3.80. The quantitative estimate of drug-likeness (QED) is 0.717. The lowest BCUT2D eigenvalue weighted by molar-refractivity contribution is -0.186. The van der Waals surface area contributed by atoms with E-state index in [1.807, 2.05) is 6.92 Å². The zero-order chi connectivity index (χ0) is 11.7. The van der Waals surface area contributed by atoms with E-state index in [2.05, 4.69) is 13.8 Å². The summed E-state index contributed by atoms with van der Waals surface area (Å²) in [6.07, 6.45) is 3.20. The zero-order valence-corrected chi connectivity index (χ0v) is 10.2. The molecule has 88 valence electrons. The summed E-state index contributed by atoms with van der Waals surface area (Å²) in [5, 5.41) is 9.16. The van der Waals surface area contributed by atoms with Gasteiger partial charge < -0.3 is 9.84 Å². The highest BCUT2D eigenvalue weighted by molar-refractivity contribution is 5.74. The Morgan fingerprint density at radius 3 is 2.27 bits per heavy atom. The van der Waals surface area contributed by atoms with Crippen molar-refractivity contribution in [1.29, 1.82) is 0 Å². The fraction of sp³-hybridized carbons (Fsp3) is 0.917. The molecule has 0 aliphatic heterocycles. The molecule has 3 nitrogen and oxygen atoms in total. The van der Waals surface area contributed by atoms with Crippen LogP contribution in [0.2, 0.25) is 0 Å². The van der Waals surface area contributed by atoms with E-state index in [1.165, 1.54) is 13.3 Å². The molecule has 0 heterocycles. The average molecular weight is 214 g/mol. The van der Waals surface area contributed by atoms with E-state index in [0.717, 1.165) is 19.3 Å². The van der Waals surface area contributed by atoms with Gasteiger partial charge in [-0.2, -0.15) is 0 Å². The number of rotatable bonds is 2. The second-order valence-electron chi connectivity index (χ2n) is 5.42. The molecule has 0 radical (unpaired) electrons. The largest absolute Gasteiger partial charge is 0.457 e. The van der Waals surface area contributed by atoms with Gasteiger partial charge in [0.2, 0.25) is 0 Å². The number of hydrogen-bond donors (Lipinski definition) is 1. The number of esters is 1. The van der Waals surface area contributed by atoms with Gasteiger partial charge in [0, 0.05) is 5.41 Å². The Morgan fingerprint density at radius 1 is 1.27 bits per heavy atom. The molecule has 1 N–H and O–H groups in total. The maximum absolute atomic E-state index is 11.4. The molecule has 15 heavy (non-hydrogen) atoms. The number of aliphatic hydroxyl groups excluding tert-OH is 1. The molecule has 1 fully saturated rings. The monoisotopic (exact) mass is 214 g/mol. The lowest BCUT2D eigenvalue weighted by Gasteiger charge is -2.47. The minimum atomic E-state index is -1.03. The SMILES string of the molecule is CC(O)C(=O)OC1(C)CCCCC1(C)C. The molecule has 2 unspecified atom stereocenters. The van der Waals surface area contributed by atoms with E-state index in [4.69, 9.17) is 9.84 Å². The van der Waals surface area contributed by atoms with E-state index in [1.54, 1.807) is 0 Å². The van der Waals surface area contributed by atoms with Gasteiger partial charge >= 0.3 is 5.97 Å². The van der Waals surface area contributed by atoms with Crippen LogP contribution >= 0.6 is 0 Å². The Kier molecular flexibility index (Phi) is 3.44. The number of aliphatic hydroxyl groups is 1. The first-order valence-corrected chi connectivity index (χ1v) is 5.69. The number of hydrogen-bond acceptors (Lipinski definition) is 3. The fourth-order valence-corrected chi connectivity index (χ4v) is 2.13. The molecule has 0 aromatic heterocycles. The van der Waals surface area contributed by atoms with Crippen LogP contribution in [0.15, 0.2) is 0 Å². The normalized spacial score (nSPS) is 32.1. The molecule has 1 saturated carbocycles. The standard InChI is InChI=1S/C12H22O3/c1-9(13)10(14)15-12(4)8-6-5-7-11(12,2)3/h9,13H,5-8H2,1-4H3. The van der Waals surface area contributed by atoms with Crippen molar-refractivity contribution in [1.82, 2.24) is 0 Å². The van der Waals surface area contributed by atoms with Gasteiger partial charge in [0.05, 0.1) is 0 Å². The van der Waals surface area contributed by atoms with E-state index in [-0.39, 0.29) is 5.41 Å². The zero-order valence-electron chi connectivity index (χ0n) is 10.2. The third-order valence-corrected chi connectivity index (χ3v) is 3.80. The van der Waals surface area contributed by atoms with Crippen LogP contribution in [0.4, 0.5) is 0 Å². The smallest absolute Gasteiger partial charge is 0.335 e. The second-order valence-corrected chi connectivity index (χ2v) is 5.42. The summed E-state index contributed by atoms with van der Waals surface area (Å²) in [6.45, 7) is 7.68. The predicted octanol–water partition coefficient (Wildman–Crippen LogP) is 2.27. The summed E-state index contributed by atoms with van der Waals surface area (Å²) in [4.78, 5) is 11.4. The Bertz CT molecular complexity index is 245. The van der Waals surface area contributed by atoms with E-state index in [0.29, 0.717) is 0 Å². The highest BCUT2D eigenvalue weighted by atomic mass is 16.6. The Labute approximate surface area is 91.8 Å². The van der Waals surface area contributed by atoms with Crippen LogP contribution in [-0.4, -0.2) is 22.8 Å². The van der Waals surface area contributed by atoms with E-state index >= 15 is 0 Å². The average Bonchev–Trinajstić information content (AvgIpc) is 2.10. The van der Waals surface area contributed by atoms with E-state index in [9.17, 15) is 4.79 Å². The Morgan fingerprint density at radius 2 is 1.80 bits per heavy atom. The summed E-state index contributed by atoms with van der Waals surface area (Å²) in [6, 6.07) is 0. The van der Waals surface area contributed by atoms with Crippen molar-refractivity contribution in [2.24, 2.45) is 5.41 Å². The molecule has 1 aliphatic rings. The first-order valence-electron chi connectivity index (χ1n) is 5.69. The van der Waals surface area contributed by atoms with Crippen molar-refractivity contribution in [2.45, 2.75) is 65.1 Å². The topological polar surface area (TPSA) is 46.5 Å². The lowest BCUT2D eigenvalue weighted by Crippen LogP contribution is -2.49. The highest BCUT2D eigenvalue weighted by Crippen LogP contribution is 2.46. The molecule has 0 aromatic carbocycles. The van der Waals surface area contributed by atoms with Gasteiger partial charge in [-0.25, -0.2) is 4.79 Å². The predicted molar refractivity (Wildman–Crippen MR) is 58.4 cm³/mol. The van der Waals surface area contributed by atoms with Gasteiger partial charge in [0.1, 0.15) is 11.7 Å². The first kappa shape index (κ1) is 12.5. The van der Waals surface area contributed by atoms with Crippen molar-refractivity contribution < 1.29 is 14.6 Å². The van der Waals surface area contributed by atoms with Gasteiger partial charge in [-0.15, -0.1) is 0 Å². The van der Waals surface area contributed by atoms with Crippen LogP contribution in [0, 0.1) is 5.41 Å². The summed E-state index contributed by atoms with van der Waals surface area (Å²) < 4.78 is 5.47. The van der Waals surface area contributed by atoms with Crippen LogP contribution in [0.5, 0.6) is 0 Å². The Balaban J connectivity index is 2.75. The summed E-state index contributed by atoms with van der Waals surface area (Å²) in [7, 11) is 0. The maximum atomic E-state index is 11.4. The molecule has 3 heteroatoms. The van der Waals surface area contributed by atoms with Crippen LogP contribution in [0.3, 0.4) is 0 Å². The van der Waals surface area contributed by atoms with E-state index < -0.39 is 17.7 Å². The second kappa shape index (κ2) is 4.12. The van der Waals surface area contributed by atoms with Crippen molar-refractivity contribution in [3.8, 4) is 0 Å². The molecule has 0 amide bonds. The molecule has 0 spiro atoms. The van der Waals surface area contributed by atoms with Crippen molar-refractivity contribution in [3.05, 3.63) is 0 Å². The molecule has 1 rings (SSSR count). The molecule has 1 aliphatic carbocycles. The number of carbonyl (C=O) groups excluding carboxylic acids is 1. The maximum Gasteiger partial charge on any atom is 0.335 e. The highest BCUT2D eigenvalue weighted by Gasteiger charge is 2.46. The first-order chi connectivity index (χ1) is 6.78. The van der Waals surface area contributed by atoms with Crippen LogP contribution in [0.25, 0.3) is 0 Å². The van der Waals surface area contributed by atoms with Gasteiger partial charge in [-0.05, 0) is 33.1 Å². The van der Waals surface area contributed by atoms with Gasteiger partial charge in [0.15, 0.2) is 0 Å². The summed E-state index contributed by atoms with van der Waals surface area (Å²) in [5.41, 5.74) is -0.435. The lowest BCUT2D eigenvalue weighted by atomic mass is 9.66. The van der Waals surface area contributed by atoms with Crippen molar-refractivity contribution in [3.63, 3.8) is 0 Å². The van der Waals surface area contributed by atoms with Crippen LogP contribution in [0.1, 0.15) is 53.4 Å². The minimum absolute atomic E-state index is 0.00417. The number of carbonyl (C=O) groups is 1. The molecular weight excluding hydrogens is 192 g/mol. The van der Waals surface area contributed by atoms with Gasteiger partial charge in [-0.1, -0.05) is 20.3 Å². The van der Waals surface area contributed by atoms with Gasteiger partial charge in [-0.3, -0.25) is 0 Å². The van der Waals surface area contributed by atoms with Crippen LogP contribution in [-0.2, 0) is 9.53 Å². The van der Waals surface area contributed by atoms with Crippen molar-refractivity contribution in [2.75, 3.05) is 0 Å². The Hall–Kier alpha value is -0.570. The van der Waals surface area contributed by atoms with Crippen LogP contribution < -0.4 is 0 Å². The minimum Gasteiger partial charge on any atom is -0.457 e. The third kappa shape index (κ3) is 2.51. The van der Waals surface area contributed by atoms with Gasteiger partial charge in [0.25, 0.3) is 0 Å². The fourth-order valence-electron chi connectivity index (χ4n) is 2.13. The molecular formula is C12H22O3. The molecule has 0 bridgehead atoms. The number of ether oxygens (including phenoxy) is 1. The molecule has 0 saturated heterocycles.